The van der Waals surface area contributed by atoms with Crippen molar-refractivity contribution >= 4 is 40.1 Å². The summed E-state index contributed by atoms with van der Waals surface area (Å²) in [5, 5.41) is 13.4. The summed E-state index contributed by atoms with van der Waals surface area (Å²) < 4.78 is 17.5. The molecule has 11 heteroatoms. The van der Waals surface area contributed by atoms with Gasteiger partial charge < -0.3 is 14.2 Å². The molecule has 0 amide bonds. The number of methoxy groups -OCH3 is 2. The van der Waals surface area contributed by atoms with Crippen molar-refractivity contribution in [1.82, 2.24) is 4.98 Å². The first-order chi connectivity index (χ1) is 15.4. The second-order valence-corrected chi connectivity index (χ2v) is 8.20. The molecule has 0 fully saturated rings. The summed E-state index contributed by atoms with van der Waals surface area (Å²) in [5.74, 6) is 0.758. The van der Waals surface area contributed by atoms with E-state index in [-0.39, 0.29) is 18.8 Å². The van der Waals surface area contributed by atoms with Crippen molar-refractivity contribution in [2.24, 2.45) is 0 Å². The van der Waals surface area contributed by atoms with Gasteiger partial charge in [0.15, 0.2) is 16.6 Å². The predicted octanol–water partition coefficient (Wildman–Crippen LogP) is 4.81. The van der Waals surface area contributed by atoms with E-state index in [1.54, 1.807) is 55.1 Å². The Hall–Kier alpha value is -3.31. The van der Waals surface area contributed by atoms with E-state index in [0.717, 1.165) is 4.90 Å². The smallest absolute Gasteiger partial charge is 0.326 e. The number of carbonyl (C=O) groups is 1. The fourth-order valence-electron chi connectivity index (χ4n) is 2.75. The minimum absolute atomic E-state index is 0.0138. The molecular formula is C21H21N3O6S2. The summed E-state index contributed by atoms with van der Waals surface area (Å²) in [5.41, 5.74) is 1.18. The Labute approximate surface area is 193 Å². The topological polar surface area (TPSA) is 104 Å². The number of hydrogen-bond donors (Lipinski definition) is 0. The van der Waals surface area contributed by atoms with Crippen molar-refractivity contribution in [2.75, 3.05) is 31.7 Å². The van der Waals surface area contributed by atoms with Crippen molar-refractivity contribution in [3.63, 3.8) is 0 Å². The van der Waals surface area contributed by atoms with Gasteiger partial charge in [-0.2, -0.15) is 0 Å². The molecule has 1 aromatic heterocycles. The second-order valence-electron chi connectivity index (χ2n) is 6.27. The zero-order valence-corrected chi connectivity index (χ0v) is 19.3. The minimum atomic E-state index is -0.448. The monoisotopic (exact) mass is 475 g/mol. The van der Waals surface area contributed by atoms with Crippen LogP contribution >= 0.6 is 23.3 Å². The first-order valence-electron chi connectivity index (χ1n) is 9.48. The number of carbonyl (C=O) groups excluding carboxylic acids is 1. The molecule has 0 bridgehead atoms. The third kappa shape index (κ3) is 5.68. The Morgan fingerprint density at radius 1 is 1.19 bits per heavy atom. The highest BCUT2D eigenvalue weighted by Gasteiger charge is 2.20. The van der Waals surface area contributed by atoms with E-state index in [0.29, 0.717) is 27.9 Å². The zero-order valence-electron chi connectivity index (χ0n) is 17.6. The van der Waals surface area contributed by atoms with Crippen molar-refractivity contribution in [3.8, 4) is 22.8 Å². The molecule has 0 saturated carbocycles. The molecule has 0 aliphatic heterocycles. The average Bonchev–Trinajstić information content (AvgIpc) is 3.29. The standard InChI is InChI=1S/C21H21N3O6S2/c1-4-30-20(25)12-23(32-16-8-9-18(28-2)19(11-16)29-3)21-22-17(13-31-21)14-6-5-7-15(10-14)24(26)27/h5-11,13H,4,12H2,1-3H3. The number of hydrogen-bond acceptors (Lipinski definition) is 10. The largest absolute Gasteiger partial charge is 0.493 e. The number of thiazole rings is 1. The minimum Gasteiger partial charge on any atom is -0.493 e. The predicted molar refractivity (Wildman–Crippen MR) is 124 cm³/mol. The van der Waals surface area contributed by atoms with Crippen molar-refractivity contribution in [3.05, 3.63) is 58.0 Å². The van der Waals surface area contributed by atoms with Crippen LogP contribution in [0.15, 0.2) is 52.7 Å². The van der Waals surface area contributed by atoms with Gasteiger partial charge in [0.25, 0.3) is 5.69 Å². The van der Waals surface area contributed by atoms with Gasteiger partial charge in [0, 0.05) is 28.0 Å². The van der Waals surface area contributed by atoms with Gasteiger partial charge in [0.2, 0.25) is 0 Å². The molecule has 32 heavy (non-hydrogen) atoms. The van der Waals surface area contributed by atoms with E-state index < -0.39 is 10.9 Å². The maximum Gasteiger partial charge on any atom is 0.326 e. The summed E-state index contributed by atoms with van der Waals surface area (Å²) >= 11 is 2.62. The van der Waals surface area contributed by atoms with Crippen molar-refractivity contribution in [2.45, 2.75) is 11.8 Å². The Kier molecular flexibility index (Phi) is 7.90. The lowest BCUT2D eigenvalue weighted by Gasteiger charge is -2.20. The van der Waals surface area contributed by atoms with E-state index in [9.17, 15) is 14.9 Å². The van der Waals surface area contributed by atoms with Crippen LogP contribution in [0.2, 0.25) is 0 Å². The Bertz CT molecular complexity index is 1100. The van der Waals surface area contributed by atoms with Gasteiger partial charge in [0.05, 0.1) is 31.4 Å². The number of aromatic nitrogens is 1. The number of non-ortho nitro benzene ring substituents is 1. The van der Waals surface area contributed by atoms with Gasteiger partial charge in [0.1, 0.15) is 6.54 Å². The fourth-order valence-corrected chi connectivity index (χ4v) is 4.57. The first kappa shape index (κ1) is 23.4. The zero-order chi connectivity index (χ0) is 23.1. The fraction of sp³-hybridized carbons (Fsp3) is 0.238. The van der Waals surface area contributed by atoms with Crippen molar-refractivity contribution in [1.29, 1.82) is 0 Å². The highest BCUT2D eigenvalue weighted by molar-refractivity contribution is 8.00. The molecule has 1 heterocycles. The van der Waals surface area contributed by atoms with E-state index in [2.05, 4.69) is 4.98 Å². The number of nitro groups is 1. The van der Waals surface area contributed by atoms with Gasteiger partial charge in [-0.25, -0.2) is 4.98 Å². The summed E-state index contributed by atoms with van der Waals surface area (Å²) in [6.45, 7) is 1.98. The van der Waals surface area contributed by atoms with Crippen LogP contribution in [-0.2, 0) is 9.53 Å². The van der Waals surface area contributed by atoms with Crippen LogP contribution in [0.3, 0.4) is 0 Å². The first-order valence-corrected chi connectivity index (χ1v) is 11.1. The molecule has 3 aromatic rings. The number of nitro benzene ring substituents is 1. The third-order valence-corrected chi connectivity index (χ3v) is 6.17. The Morgan fingerprint density at radius 3 is 2.66 bits per heavy atom. The average molecular weight is 476 g/mol. The number of esters is 1. The maximum absolute atomic E-state index is 12.2. The van der Waals surface area contributed by atoms with Gasteiger partial charge in [-0.15, -0.1) is 11.3 Å². The third-order valence-electron chi connectivity index (χ3n) is 4.21. The van der Waals surface area contributed by atoms with Crippen molar-refractivity contribution < 1.29 is 23.9 Å². The molecular weight excluding hydrogens is 454 g/mol. The lowest BCUT2D eigenvalue weighted by molar-refractivity contribution is -0.384. The van der Waals surface area contributed by atoms with Crippen LogP contribution in [0.4, 0.5) is 10.8 Å². The van der Waals surface area contributed by atoms with Gasteiger partial charge in [-0.3, -0.25) is 19.2 Å². The van der Waals surface area contributed by atoms with Crippen LogP contribution in [0.5, 0.6) is 11.5 Å². The molecule has 0 saturated heterocycles. The normalized spacial score (nSPS) is 10.5. The highest BCUT2D eigenvalue weighted by Crippen LogP contribution is 2.37. The second kappa shape index (κ2) is 10.8. The van der Waals surface area contributed by atoms with E-state index >= 15 is 0 Å². The summed E-state index contributed by atoms with van der Waals surface area (Å²) in [6.07, 6.45) is 0. The number of benzene rings is 2. The van der Waals surface area contributed by atoms with E-state index in [1.807, 2.05) is 6.07 Å². The molecule has 0 atom stereocenters. The van der Waals surface area contributed by atoms with Crippen LogP contribution in [0.1, 0.15) is 6.92 Å². The number of rotatable bonds is 10. The lowest BCUT2D eigenvalue weighted by Crippen LogP contribution is -2.25. The van der Waals surface area contributed by atoms with Gasteiger partial charge in [-0.1, -0.05) is 12.1 Å². The highest BCUT2D eigenvalue weighted by atomic mass is 32.2. The van der Waals surface area contributed by atoms with Crippen LogP contribution in [0.25, 0.3) is 11.3 Å². The van der Waals surface area contributed by atoms with Gasteiger partial charge >= 0.3 is 5.97 Å². The van der Waals surface area contributed by atoms with Crippen LogP contribution in [-0.4, -0.2) is 43.2 Å². The van der Waals surface area contributed by atoms with E-state index in [1.165, 1.54) is 35.4 Å². The van der Waals surface area contributed by atoms with Crippen LogP contribution in [0, 0.1) is 10.1 Å². The summed E-state index contributed by atoms with van der Waals surface area (Å²) in [6, 6.07) is 11.7. The summed E-state index contributed by atoms with van der Waals surface area (Å²) in [7, 11) is 3.11. The van der Waals surface area contributed by atoms with Crippen LogP contribution < -0.4 is 13.8 Å². The molecule has 2 aromatic carbocycles. The van der Waals surface area contributed by atoms with Gasteiger partial charge in [-0.05, 0) is 37.1 Å². The van der Waals surface area contributed by atoms with E-state index in [4.69, 9.17) is 14.2 Å². The number of anilines is 1. The number of nitrogens with zero attached hydrogens (tertiary/aromatic N) is 3. The number of ether oxygens (including phenoxy) is 3. The molecule has 0 aliphatic rings. The molecule has 0 spiro atoms. The Balaban J connectivity index is 1.90. The molecule has 0 N–H and O–H groups in total. The maximum atomic E-state index is 12.2. The molecule has 0 unspecified atom stereocenters. The quantitative estimate of drug-likeness (QED) is 0.177. The molecule has 3 rings (SSSR count). The molecule has 168 valence electrons. The SMILES string of the molecule is CCOC(=O)CN(Sc1ccc(OC)c(OC)c1)c1nc(-c2cccc([N+](=O)[O-])c2)cs1. The molecule has 0 aliphatic carbocycles. The lowest BCUT2D eigenvalue weighted by atomic mass is 10.1. The molecule has 0 radical (unpaired) electrons. The summed E-state index contributed by atoms with van der Waals surface area (Å²) in [4.78, 5) is 28.3. The molecule has 9 nitrogen and oxygen atoms in total. The Morgan fingerprint density at radius 2 is 1.97 bits per heavy atom.